The second kappa shape index (κ2) is 6.64. The second-order valence-electron chi connectivity index (χ2n) is 5.09. The van der Waals surface area contributed by atoms with E-state index < -0.39 is 0 Å². The Bertz CT molecular complexity index is 371. The van der Waals surface area contributed by atoms with E-state index in [9.17, 15) is 4.39 Å². The molecule has 100 valence electrons. The number of hydrazine groups is 1. The van der Waals surface area contributed by atoms with E-state index >= 15 is 0 Å². The van der Waals surface area contributed by atoms with Gasteiger partial charge in [-0.3, -0.25) is 11.3 Å². The summed E-state index contributed by atoms with van der Waals surface area (Å²) in [4.78, 5) is 0. The van der Waals surface area contributed by atoms with Crippen LogP contribution in [0, 0.1) is 11.7 Å². The Morgan fingerprint density at radius 2 is 2.06 bits per heavy atom. The van der Waals surface area contributed by atoms with Crippen molar-refractivity contribution in [1.82, 2.24) is 5.43 Å². The van der Waals surface area contributed by atoms with Crippen molar-refractivity contribution in [3.63, 3.8) is 0 Å². The molecule has 1 unspecified atom stereocenters. The maximum absolute atomic E-state index is 13.9. The Morgan fingerprint density at radius 3 is 2.67 bits per heavy atom. The maximum atomic E-state index is 13.9. The number of hydrogen-bond donors (Lipinski definition) is 2. The van der Waals surface area contributed by atoms with Crippen molar-refractivity contribution in [2.75, 3.05) is 0 Å². The van der Waals surface area contributed by atoms with Gasteiger partial charge < -0.3 is 0 Å². The van der Waals surface area contributed by atoms with E-state index in [1.165, 1.54) is 38.2 Å². The average Bonchev–Trinajstić information content (AvgIpc) is 2.38. The molecule has 0 bridgehead atoms. The Kier molecular flexibility index (Phi) is 5.15. The number of benzene rings is 1. The van der Waals surface area contributed by atoms with E-state index in [2.05, 4.69) is 21.4 Å². The van der Waals surface area contributed by atoms with Crippen LogP contribution in [-0.2, 0) is 0 Å². The van der Waals surface area contributed by atoms with Crippen LogP contribution in [0.4, 0.5) is 4.39 Å². The third kappa shape index (κ3) is 3.31. The summed E-state index contributed by atoms with van der Waals surface area (Å²) in [5.41, 5.74) is 3.44. The number of nitrogens with one attached hydrogen (secondary N) is 1. The van der Waals surface area contributed by atoms with Gasteiger partial charge in [-0.2, -0.15) is 0 Å². The summed E-state index contributed by atoms with van der Waals surface area (Å²) in [5.74, 6) is 6.09. The number of nitrogens with two attached hydrogens (primary N) is 1. The van der Waals surface area contributed by atoms with Crippen molar-refractivity contribution in [3.05, 3.63) is 34.1 Å². The number of halogens is 2. The van der Waals surface area contributed by atoms with E-state index in [1.54, 1.807) is 6.07 Å². The Balaban J connectivity index is 2.12. The smallest absolute Gasteiger partial charge is 0.129 e. The first-order valence-electron chi connectivity index (χ1n) is 6.62. The average molecular weight is 315 g/mol. The molecule has 0 amide bonds. The standard InChI is InChI=1S/C14H20BrFN2/c15-11-7-4-8-12(16)14(11)13(18-17)9-10-5-2-1-3-6-10/h4,7-8,10,13,18H,1-3,5-6,9,17H2. The third-order valence-corrected chi connectivity index (χ3v) is 4.53. The van der Waals surface area contributed by atoms with Gasteiger partial charge in [0.05, 0.1) is 6.04 Å². The summed E-state index contributed by atoms with van der Waals surface area (Å²) in [6.45, 7) is 0. The van der Waals surface area contributed by atoms with Gasteiger partial charge >= 0.3 is 0 Å². The molecule has 2 rings (SSSR count). The summed E-state index contributed by atoms with van der Waals surface area (Å²) in [6.07, 6.45) is 7.31. The first-order valence-corrected chi connectivity index (χ1v) is 7.41. The van der Waals surface area contributed by atoms with E-state index in [-0.39, 0.29) is 11.9 Å². The number of rotatable bonds is 4. The highest BCUT2D eigenvalue weighted by atomic mass is 79.9. The summed E-state index contributed by atoms with van der Waals surface area (Å²) in [6, 6.07) is 4.95. The van der Waals surface area contributed by atoms with Gasteiger partial charge in [-0.15, -0.1) is 0 Å². The zero-order valence-corrected chi connectivity index (χ0v) is 12.0. The predicted molar refractivity (Wildman–Crippen MR) is 75.4 cm³/mol. The lowest BCUT2D eigenvalue weighted by atomic mass is 9.83. The van der Waals surface area contributed by atoms with Gasteiger partial charge in [0.1, 0.15) is 5.82 Å². The molecule has 0 spiro atoms. The molecule has 1 atom stereocenters. The van der Waals surface area contributed by atoms with Gasteiger partial charge in [-0.25, -0.2) is 4.39 Å². The second-order valence-corrected chi connectivity index (χ2v) is 5.95. The summed E-state index contributed by atoms with van der Waals surface area (Å²) >= 11 is 3.42. The molecule has 0 aromatic heterocycles. The molecule has 1 saturated carbocycles. The van der Waals surface area contributed by atoms with Gasteiger partial charge in [-0.1, -0.05) is 54.1 Å². The van der Waals surface area contributed by atoms with Crippen LogP contribution in [0.2, 0.25) is 0 Å². The molecule has 0 radical (unpaired) electrons. The lowest BCUT2D eigenvalue weighted by Crippen LogP contribution is -2.31. The Morgan fingerprint density at radius 1 is 1.33 bits per heavy atom. The molecule has 1 fully saturated rings. The molecule has 0 saturated heterocycles. The van der Waals surface area contributed by atoms with E-state index in [1.807, 2.05) is 6.07 Å². The minimum atomic E-state index is -0.192. The van der Waals surface area contributed by atoms with E-state index in [4.69, 9.17) is 5.84 Å². The molecule has 3 N–H and O–H groups in total. The van der Waals surface area contributed by atoms with Gasteiger partial charge in [0.2, 0.25) is 0 Å². The van der Waals surface area contributed by atoms with E-state index in [0.29, 0.717) is 11.5 Å². The van der Waals surface area contributed by atoms with E-state index in [0.717, 1.165) is 10.9 Å². The maximum Gasteiger partial charge on any atom is 0.129 e. The van der Waals surface area contributed by atoms with Gasteiger partial charge in [0.25, 0.3) is 0 Å². The predicted octanol–water partition coefficient (Wildman–Crippen LogP) is 4.06. The molecule has 0 heterocycles. The molecule has 1 aliphatic carbocycles. The third-order valence-electron chi connectivity index (χ3n) is 3.84. The van der Waals surface area contributed by atoms with Crippen molar-refractivity contribution in [1.29, 1.82) is 0 Å². The van der Waals surface area contributed by atoms with Crippen LogP contribution in [0.5, 0.6) is 0 Å². The van der Waals surface area contributed by atoms with Crippen LogP contribution in [0.25, 0.3) is 0 Å². The highest BCUT2D eigenvalue weighted by molar-refractivity contribution is 9.10. The Labute approximate surface area is 116 Å². The van der Waals surface area contributed by atoms with Gasteiger partial charge in [0.15, 0.2) is 0 Å². The van der Waals surface area contributed by atoms with Gasteiger partial charge in [-0.05, 0) is 24.5 Å². The Hall–Kier alpha value is -0.450. The molecule has 2 nitrogen and oxygen atoms in total. The fraction of sp³-hybridized carbons (Fsp3) is 0.571. The van der Waals surface area contributed by atoms with Gasteiger partial charge in [0, 0.05) is 10.0 Å². The summed E-state index contributed by atoms with van der Waals surface area (Å²) in [5, 5.41) is 0. The number of hydrogen-bond acceptors (Lipinski definition) is 2. The van der Waals surface area contributed by atoms with Crippen molar-refractivity contribution in [2.45, 2.75) is 44.6 Å². The van der Waals surface area contributed by atoms with Crippen molar-refractivity contribution < 1.29 is 4.39 Å². The molecule has 0 aliphatic heterocycles. The zero-order chi connectivity index (χ0) is 13.0. The monoisotopic (exact) mass is 314 g/mol. The first-order chi connectivity index (χ1) is 8.72. The van der Waals surface area contributed by atoms with Crippen LogP contribution in [-0.4, -0.2) is 0 Å². The SMILES string of the molecule is NNC(CC1CCCCC1)c1c(F)cccc1Br. The zero-order valence-electron chi connectivity index (χ0n) is 10.5. The van der Waals surface area contributed by atoms with Crippen molar-refractivity contribution >= 4 is 15.9 Å². The molecular weight excluding hydrogens is 295 g/mol. The normalized spacial score (nSPS) is 18.8. The topological polar surface area (TPSA) is 38.0 Å². The molecule has 18 heavy (non-hydrogen) atoms. The van der Waals surface area contributed by atoms with Crippen molar-refractivity contribution in [2.24, 2.45) is 11.8 Å². The highest BCUT2D eigenvalue weighted by Crippen LogP contribution is 2.34. The largest absolute Gasteiger partial charge is 0.271 e. The fourth-order valence-electron chi connectivity index (χ4n) is 2.87. The van der Waals surface area contributed by atoms with Crippen LogP contribution >= 0.6 is 15.9 Å². The fourth-order valence-corrected chi connectivity index (χ4v) is 3.49. The lowest BCUT2D eigenvalue weighted by molar-refractivity contribution is 0.297. The minimum absolute atomic E-state index is 0.108. The van der Waals surface area contributed by atoms with Crippen molar-refractivity contribution in [3.8, 4) is 0 Å². The molecule has 1 aromatic carbocycles. The van der Waals surface area contributed by atoms with Crippen LogP contribution < -0.4 is 11.3 Å². The minimum Gasteiger partial charge on any atom is -0.271 e. The highest BCUT2D eigenvalue weighted by Gasteiger charge is 2.23. The van der Waals surface area contributed by atoms with Crippen LogP contribution in [0.1, 0.15) is 50.1 Å². The summed E-state index contributed by atoms with van der Waals surface area (Å²) in [7, 11) is 0. The summed E-state index contributed by atoms with van der Waals surface area (Å²) < 4.78 is 14.7. The van der Waals surface area contributed by atoms with Crippen LogP contribution in [0.3, 0.4) is 0 Å². The first kappa shape index (κ1) is 14.0. The molecule has 4 heteroatoms. The van der Waals surface area contributed by atoms with Crippen LogP contribution in [0.15, 0.2) is 22.7 Å². The molecule has 1 aromatic rings. The molecular formula is C14H20BrFN2. The molecule has 1 aliphatic rings. The lowest BCUT2D eigenvalue weighted by Gasteiger charge is -2.27. The quantitative estimate of drug-likeness (QED) is 0.649.